The van der Waals surface area contributed by atoms with E-state index in [-0.39, 0.29) is 11.6 Å². The first-order valence-corrected chi connectivity index (χ1v) is 8.37. The fourth-order valence-electron chi connectivity index (χ4n) is 2.98. The van der Waals surface area contributed by atoms with E-state index in [1.807, 2.05) is 41.8 Å². The number of nitrogens with one attached hydrogen (secondary N) is 1. The van der Waals surface area contributed by atoms with Gasteiger partial charge in [0, 0.05) is 18.3 Å². The number of benzene rings is 2. The Kier molecular flexibility index (Phi) is 4.05. The zero-order chi connectivity index (χ0) is 18.1. The van der Waals surface area contributed by atoms with E-state index < -0.39 is 0 Å². The van der Waals surface area contributed by atoms with Crippen molar-refractivity contribution in [3.05, 3.63) is 83.8 Å². The number of aromatic nitrogens is 2. The highest BCUT2D eigenvalue weighted by molar-refractivity contribution is 5.77. The molecule has 0 amide bonds. The SMILES string of the molecule is Cc1cccn2c(NCc3ccc(F)cc3)c(-c3ccc(O)cc3)nc12. The Morgan fingerprint density at radius 3 is 2.50 bits per heavy atom. The smallest absolute Gasteiger partial charge is 0.142 e. The van der Waals surface area contributed by atoms with Gasteiger partial charge in [0.05, 0.1) is 0 Å². The Morgan fingerprint density at radius 2 is 1.77 bits per heavy atom. The molecule has 0 aliphatic heterocycles. The van der Waals surface area contributed by atoms with E-state index in [0.29, 0.717) is 6.54 Å². The molecule has 2 aromatic heterocycles. The molecule has 0 aliphatic carbocycles. The van der Waals surface area contributed by atoms with Crippen molar-refractivity contribution in [1.82, 2.24) is 9.38 Å². The number of halogens is 1. The Bertz CT molecular complexity index is 1050. The quantitative estimate of drug-likeness (QED) is 0.559. The molecule has 0 unspecified atom stereocenters. The van der Waals surface area contributed by atoms with Crippen LogP contribution < -0.4 is 5.32 Å². The predicted molar refractivity (Wildman–Crippen MR) is 101 cm³/mol. The van der Waals surface area contributed by atoms with Crippen molar-refractivity contribution in [2.45, 2.75) is 13.5 Å². The minimum atomic E-state index is -0.246. The highest BCUT2D eigenvalue weighted by Gasteiger charge is 2.15. The van der Waals surface area contributed by atoms with Crippen LogP contribution in [0.2, 0.25) is 0 Å². The summed E-state index contributed by atoms with van der Waals surface area (Å²) < 4.78 is 15.1. The summed E-state index contributed by atoms with van der Waals surface area (Å²) in [4.78, 5) is 4.80. The molecule has 0 bridgehead atoms. The van der Waals surface area contributed by atoms with Gasteiger partial charge in [-0.15, -0.1) is 0 Å². The molecule has 0 saturated heterocycles. The van der Waals surface area contributed by atoms with Gasteiger partial charge in [-0.2, -0.15) is 0 Å². The molecule has 0 aliphatic rings. The first-order valence-electron chi connectivity index (χ1n) is 8.37. The van der Waals surface area contributed by atoms with Crippen LogP contribution in [0.3, 0.4) is 0 Å². The van der Waals surface area contributed by atoms with Gasteiger partial charge in [-0.1, -0.05) is 18.2 Å². The maximum Gasteiger partial charge on any atom is 0.142 e. The van der Waals surface area contributed by atoms with Crippen LogP contribution in [-0.2, 0) is 6.54 Å². The summed E-state index contributed by atoms with van der Waals surface area (Å²) in [6, 6.07) is 17.4. The average Bonchev–Trinajstić information content (AvgIpc) is 3.02. The third kappa shape index (κ3) is 2.99. The molecule has 2 aromatic carbocycles. The van der Waals surface area contributed by atoms with Gasteiger partial charge in [0.1, 0.15) is 28.7 Å². The van der Waals surface area contributed by atoms with Gasteiger partial charge in [0.25, 0.3) is 0 Å². The van der Waals surface area contributed by atoms with E-state index in [9.17, 15) is 9.50 Å². The number of hydrogen-bond donors (Lipinski definition) is 2. The third-order valence-electron chi connectivity index (χ3n) is 4.36. The number of nitrogens with zero attached hydrogens (tertiary/aromatic N) is 2. The summed E-state index contributed by atoms with van der Waals surface area (Å²) in [5.41, 5.74) is 4.64. The van der Waals surface area contributed by atoms with Crippen molar-refractivity contribution in [3.63, 3.8) is 0 Å². The Morgan fingerprint density at radius 1 is 1.04 bits per heavy atom. The average molecular weight is 347 g/mol. The standard InChI is InChI=1S/C21H18FN3O/c1-14-3-2-12-25-20(14)24-19(16-6-10-18(26)11-7-16)21(25)23-13-15-4-8-17(22)9-5-15/h2-12,23,26H,13H2,1H3. The van der Waals surface area contributed by atoms with Crippen LogP contribution >= 0.6 is 0 Å². The van der Waals surface area contributed by atoms with Crippen LogP contribution in [0.1, 0.15) is 11.1 Å². The molecule has 5 heteroatoms. The van der Waals surface area contributed by atoms with E-state index >= 15 is 0 Å². The number of fused-ring (bicyclic) bond motifs is 1. The van der Waals surface area contributed by atoms with Crippen molar-refractivity contribution >= 4 is 11.5 Å². The van der Waals surface area contributed by atoms with Crippen molar-refractivity contribution in [2.75, 3.05) is 5.32 Å². The molecule has 26 heavy (non-hydrogen) atoms. The van der Waals surface area contributed by atoms with Crippen LogP contribution in [0.5, 0.6) is 5.75 Å². The van der Waals surface area contributed by atoms with E-state index in [0.717, 1.165) is 33.8 Å². The van der Waals surface area contributed by atoms with Gasteiger partial charge in [-0.05, 0) is 60.5 Å². The second kappa shape index (κ2) is 6.52. The molecule has 2 N–H and O–H groups in total. The van der Waals surface area contributed by atoms with Crippen LogP contribution in [0.4, 0.5) is 10.2 Å². The number of rotatable bonds is 4. The van der Waals surface area contributed by atoms with Crippen molar-refractivity contribution in [2.24, 2.45) is 0 Å². The second-order valence-corrected chi connectivity index (χ2v) is 6.22. The second-order valence-electron chi connectivity index (χ2n) is 6.22. The lowest BCUT2D eigenvalue weighted by Crippen LogP contribution is -2.03. The maximum atomic E-state index is 13.1. The number of aromatic hydroxyl groups is 1. The molecule has 0 atom stereocenters. The van der Waals surface area contributed by atoms with E-state index in [1.165, 1.54) is 12.1 Å². The Hall–Kier alpha value is -3.34. The van der Waals surface area contributed by atoms with Gasteiger partial charge in [0.2, 0.25) is 0 Å². The topological polar surface area (TPSA) is 49.6 Å². The number of phenolic OH excluding ortho intramolecular Hbond substituents is 1. The molecule has 2 heterocycles. The van der Waals surface area contributed by atoms with Gasteiger partial charge >= 0.3 is 0 Å². The number of pyridine rings is 1. The molecule has 0 saturated carbocycles. The zero-order valence-electron chi connectivity index (χ0n) is 14.3. The van der Waals surface area contributed by atoms with Gasteiger partial charge in [-0.3, -0.25) is 4.40 Å². The van der Waals surface area contributed by atoms with Crippen molar-refractivity contribution in [1.29, 1.82) is 0 Å². The molecular weight excluding hydrogens is 329 g/mol. The summed E-state index contributed by atoms with van der Waals surface area (Å²) in [6.45, 7) is 2.57. The van der Waals surface area contributed by atoms with Crippen molar-refractivity contribution in [3.8, 4) is 17.0 Å². The number of anilines is 1. The molecule has 4 rings (SSSR count). The van der Waals surface area contributed by atoms with Crippen LogP contribution in [-0.4, -0.2) is 14.5 Å². The monoisotopic (exact) mass is 347 g/mol. The van der Waals surface area contributed by atoms with Gasteiger partial charge in [-0.25, -0.2) is 9.37 Å². The van der Waals surface area contributed by atoms with E-state index in [1.54, 1.807) is 24.3 Å². The summed E-state index contributed by atoms with van der Waals surface area (Å²) in [7, 11) is 0. The summed E-state index contributed by atoms with van der Waals surface area (Å²) >= 11 is 0. The highest BCUT2D eigenvalue weighted by Crippen LogP contribution is 2.31. The lowest BCUT2D eigenvalue weighted by Gasteiger charge is -2.09. The molecule has 0 fully saturated rings. The first kappa shape index (κ1) is 16.1. The summed E-state index contributed by atoms with van der Waals surface area (Å²) in [6.07, 6.45) is 1.96. The lowest BCUT2D eigenvalue weighted by molar-refractivity contribution is 0.475. The number of hydrogen-bond acceptors (Lipinski definition) is 3. The van der Waals surface area contributed by atoms with Gasteiger partial charge in [0.15, 0.2) is 0 Å². The molecular formula is C21H18FN3O. The minimum absolute atomic E-state index is 0.217. The van der Waals surface area contributed by atoms with Gasteiger partial charge < -0.3 is 10.4 Å². The molecule has 0 spiro atoms. The number of aryl methyl sites for hydroxylation is 1. The Balaban J connectivity index is 1.77. The largest absolute Gasteiger partial charge is 0.508 e. The normalized spacial score (nSPS) is 11.0. The summed E-state index contributed by atoms with van der Waals surface area (Å²) in [5.74, 6) is 0.831. The fraction of sp³-hybridized carbons (Fsp3) is 0.0952. The van der Waals surface area contributed by atoms with E-state index in [4.69, 9.17) is 4.98 Å². The minimum Gasteiger partial charge on any atom is -0.508 e. The fourth-order valence-corrected chi connectivity index (χ4v) is 2.98. The zero-order valence-corrected chi connectivity index (χ0v) is 14.3. The van der Waals surface area contributed by atoms with E-state index in [2.05, 4.69) is 5.32 Å². The predicted octanol–water partition coefficient (Wildman–Crippen LogP) is 4.77. The molecule has 130 valence electrons. The Labute approximate surface area is 150 Å². The highest BCUT2D eigenvalue weighted by atomic mass is 19.1. The van der Waals surface area contributed by atoms with Crippen LogP contribution in [0, 0.1) is 12.7 Å². The first-order chi connectivity index (χ1) is 12.6. The van der Waals surface area contributed by atoms with Crippen molar-refractivity contribution < 1.29 is 9.50 Å². The third-order valence-corrected chi connectivity index (χ3v) is 4.36. The number of phenols is 1. The molecule has 0 radical (unpaired) electrons. The molecule has 4 aromatic rings. The maximum absolute atomic E-state index is 13.1. The molecule has 4 nitrogen and oxygen atoms in total. The van der Waals surface area contributed by atoms with Crippen LogP contribution in [0.15, 0.2) is 66.9 Å². The van der Waals surface area contributed by atoms with Crippen LogP contribution in [0.25, 0.3) is 16.9 Å². The summed E-state index contributed by atoms with van der Waals surface area (Å²) in [5, 5.41) is 13.0. The number of imidazole rings is 1. The lowest BCUT2D eigenvalue weighted by atomic mass is 10.1.